The Hall–Kier alpha value is 0.650. The van der Waals surface area contributed by atoms with Gasteiger partial charge in [0.1, 0.15) is 0 Å². The highest BCUT2D eigenvalue weighted by atomic mass is 127. The van der Waals surface area contributed by atoms with Gasteiger partial charge in [-0.2, -0.15) is 0 Å². The number of halogens is 1. The molecule has 12 heavy (non-hydrogen) atoms. The summed E-state index contributed by atoms with van der Waals surface area (Å²) in [6.45, 7) is 10.9. The molecule has 0 saturated heterocycles. The standard InChI is InChI=1S/C9H20INO/c1-8(2,3)7(12)6-11-9(4,5)10/h7,11-12H,6H2,1-5H3. The van der Waals surface area contributed by atoms with Gasteiger partial charge in [-0.3, -0.25) is 0 Å². The molecule has 0 rings (SSSR count). The Kier molecular flexibility index (Phi) is 4.47. The molecule has 0 aliphatic heterocycles. The highest BCUT2D eigenvalue weighted by molar-refractivity contribution is 14.1. The van der Waals surface area contributed by atoms with E-state index in [9.17, 15) is 5.11 Å². The lowest BCUT2D eigenvalue weighted by molar-refractivity contribution is 0.0609. The summed E-state index contributed by atoms with van der Waals surface area (Å²) in [4.78, 5) is 0. The molecule has 0 radical (unpaired) electrons. The van der Waals surface area contributed by atoms with Crippen LogP contribution in [0.15, 0.2) is 0 Å². The van der Waals surface area contributed by atoms with Gasteiger partial charge in [0.2, 0.25) is 0 Å². The molecule has 1 atom stereocenters. The first kappa shape index (κ1) is 12.7. The lowest BCUT2D eigenvalue weighted by Gasteiger charge is -2.29. The fourth-order valence-corrected chi connectivity index (χ4v) is 0.866. The molecular formula is C9H20INO. The van der Waals surface area contributed by atoms with Crippen molar-refractivity contribution in [2.75, 3.05) is 6.54 Å². The van der Waals surface area contributed by atoms with Crippen LogP contribution in [0.1, 0.15) is 34.6 Å². The second kappa shape index (κ2) is 4.24. The van der Waals surface area contributed by atoms with Crippen molar-refractivity contribution < 1.29 is 5.11 Å². The minimum Gasteiger partial charge on any atom is -0.391 e. The van der Waals surface area contributed by atoms with Gasteiger partial charge < -0.3 is 10.4 Å². The number of aliphatic hydroxyl groups is 1. The smallest absolute Gasteiger partial charge is 0.0713 e. The lowest BCUT2D eigenvalue weighted by Crippen LogP contribution is -2.43. The summed E-state index contributed by atoms with van der Waals surface area (Å²) in [6, 6.07) is 0. The maximum atomic E-state index is 9.68. The van der Waals surface area contributed by atoms with E-state index in [1.54, 1.807) is 0 Å². The van der Waals surface area contributed by atoms with Crippen LogP contribution in [0.4, 0.5) is 0 Å². The molecule has 0 aliphatic carbocycles. The largest absolute Gasteiger partial charge is 0.391 e. The third-order valence-electron chi connectivity index (χ3n) is 1.72. The maximum Gasteiger partial charge on any atom is 0.0713 e. The van der Waals surface area contributed by atoms with Crippen molar-refractivity contribution in [2.45, 2.75) is 44.3 Å². The summed E-state index contributed by atoms with van der Waals surface area (Å²) in [5.41, 5.74) is -0.0328. The van der Waals surface area contributed by atoms with Crippen molar-refractivity contribution in [1.29, 1.82) is 0 Å². The molecule has 3 heteroatoms. The van der Waals surface area contributed by atoms with Crippen molar-refractivity contribution in [3.63, 3.8) is 0 Å². The second-order valence-corrected chi connectivity index (χ2v) is 7.43. The van der Waals surface area contributed by atoms with Crippen LogP contribution in [0.5, 0.6) is 0 Å². The average molecular weight is 285 g/mol. The van der Waals surface area contributed by atoms with Crippen LogP contribution in [-0.2, 0) is 0 Å². The molecule has 0 aromatic heterocycles. The summed E-state index contributed by atoms with van der Waals surface area (Å²) >= 11 is 2.32. The molecule has 0 aromatic carbocycles. The lowest BCUT2D eigenvalue weighted by atomic mass is 9.89. The Labute approximate surface area is 89.3 Å². The van der Waals surface area contributed by atoms with Crippen molar-refractivity contribution in [3.8, 4) is 0 Å². The van der Waals surface area contributed by atoms with E-state index in [-0.39, 0.29) is 15.1 Å². The molecule has 2 nitrogen and oxygen atoms in total. The van der Waals surface area contributed by atoms with Crippen molar-refractivity contribution in [1.82, 2.24) is 5.32 Å². The molecule has 1 unspecified atom stereocenters. The molecule has 0 saturated carbocycles. The summed E-state index contributed by atoms with van der Waals surface area (Å²) in [5, 5.41) is 12.9. The number of rotatable bonds is 3. The van der Waals surface area contributed by atoms with Gasteiger partial charge >= 0.3 is 0 Å². The molecule has 2 N–H and O–H groups in total. The zero-order valence-corrected chi connectivity index (χ0v) is 10.8. The van der Waals surface area contributed by atoms with Gasteiger partial charge in [-0.05, 0) is 19.3 Å². The van der Waals surface area contributed by atoms with Gasteiger partial charge in [0.25, 0.3) is 0 Å². The van der Waals surface area contributed by atoms with Crippen molar-refractivity contribution >= 4 is 22.6 Å². The van der Waals surface area contributed by atoms with E-state index in [0.717, 1.165) is 0 Å². The highest BCUT2D eigenvalue weighted by Gasteiger charge is 2.23. The predicted octanol–water partition coefficient (Wildman–Crippen LogP) is 2.15. The monoisotopic (exact) mass is 285 g/mol. The molecular weight excluding hydrogens is 265 g/mol. The maximum absolute atomic E-state index is 9.68. The van der Waals surface area contributed by atoms with E-state index in [0.29, 0.717) is 6.54 Å². The quantitative estimate of drug-likeness (QED) is 0.473. The minimum absolute atomic E-state index is 0.0328. The Morgan fingerprint density at radius 2 is 1.67 bits per heavy atom. The molecule has 0 aliphatic rings. The van der Waals surface area contributed by atoms with Gasteiger partial charge in [0.05, 0.1) is 9.65 Å². The van der Waals surface area contributed by atoms with Gasteiger partial charge in [0.15, 0.2) is 0 Å². The number of alkyl halides is 1. The van der Waals surface area contributed by atoms with Crippen LogP contribution in [0.2, 0.25) is 0 Å². The minimum atomic E-state index is -0.286. The molecule has 0 heterocycles. The molecule has 0 bridgehead atoms. The highest BCUT2D eigenvalue weighted by Crippen LogP contribution is 2.20. The van der Waals surface area contributed by atoms with E-state index in [1.165, 1.54) is 0 Å². The normalized spacial score (nSPS) is 16.2. The van der Waals surface area contributed by atoms with Gasteiger partial charge in [-0.1, -0.05) is 43.4 Å². The van der Waals surface area contributed by atoms with Crippen LogP contribution in [0, 0.1) is 5.41 Å². The molecule has 0 spiro atoms. The number of hydrogen-bond acceptors (Lipinski definition) is 2. The van der Waals surface area contributed by atoms with Crippen LogP contribution < -0.4 is 5.32 Å². The van der Waals surface area contributed by atoms with Crippen LogP contribution in [0.3, 0.4) is 0 Å². The molecule has 74 valence electrons. The van der Waals surface area contributed by atoms with Crippen LogP contribution in [0.25, 0.3) is 0 Å². The molecule has 0 aromatic rings. The van der Waals surface area contributed by atoms with E-state index in [2.05, 4.69) is 41.8 Å². The first-order valence-corrected chi connectivity index (χ1v) is 5.33. The van der Waals surface area contributed by atoms with E-state index in [4.69, 9.17) is 0 Å². The topological polar surface area (TPSA) is 32.3 Å². The van der Waals surface area contributed by atoms with E-state index in [1.807, 2.05) is 20.8 Å². The fourth-order valence-electron chi connectivity index (χ4n) is 0.646. The fraction of sp³-hybridized carbons (Fsp3) is 1.00. The van der Waals surface area contributed by atoms with Crippen LogP contribution >= 0.6 is 22.6 Å². The number of nitrogens with one attached hydrogen (secondary N) is 1. The summed E-state index contributed by atoms with van der Waals surface area (Å²) in [7, 11) is 0. The SMILES string of the molecule is CC(C)(I)NCC(O)C(C)(C)C. The van der Waals surface area contributed by atoms with Gasteiger partial charge in [-0.25, -0.2) is 0 Å². The van der Waals surface area contributed by atoms with Crippen LogP contribution in [-0.4, -0.2) is 21.3 Å². The third kappa shape index (κ3) is 6.20. The van der Waals surface area contributed by atoms with Crippen molar-refractivity contribution in [3.05, 3.63) is 0 Å². The first-order chi connectivity index (χ1) is 5.13. The predicted molar refractivity (Wildman–Crippen MR) is 61.6 cm³/mol. The Morgan fingerprint density at radius 1 is 1.25 bits per heavy atom. The number of aliphatic hydroxyl groups excluding tert-OH is 1. The molecule has 0 fully saturated rings. The zero-order valence-electron chi connectivity index (χ0n) is 8.61. The Balaban J connectivity index is 3.80. The summed E-state index contributed by atoms with van der Waals surface area (Å²) in [5.74, 6) is 0. The third-order valence-corrected chi connectivity index (χ3v) is 2.10. The van der Waals surface area contributed by atoms with E-state index >= 15 is 0 Å². The Bertz CT molecular complexity index is 134. The molecule has 0 amide bonds. The zero-order chi connectivity index (χ0) is 9.99. The van der Waals surface area contributed by atoms with Gasteiger partial charge in [-0.15, -0.1) is 0 Å². The van der Waals surface area contributed by atoms with Crippen molar-refractivity contribution in [2.24, 2.45) is 5.41 Å². The summed E-state index contributed by atoms with van der Waals surface area (Å²) in [6.07, 6.45) is -0.286. The second-order valence-electron chi connectivity index (χ2n) is 4.74. The Morgan fingerprint density at radius 3 is 1.92 bits per heavy atom. The first-order valence-electron chi connectivity index (χ1n) is 4.25. The average Bonchev–Trinajstić information content (AvgIpc) is 1.78. The van der Waals surface area contributed by atoms with Gasteiger partial charge in [0, 0.05) is 6.54 Å². The summed E-state index contributed by atoms with van der Waals surface area (Å²) < 4.78 is 0.0595. The van der Waals surface area contributed by atoms with E-state index < -0.39 is 0 Å². The number of hydrogen-bond donors (Lipinski definition) is 2.